The van der Waals surface area contributed by atoms with Crippen molar-refractivity contribution in [2.24, 2.45) is 0 Å². The van der Waals surface area contributed by atoms with Gasteiger partial charge in [0.1, 0.15) is 11.3 Å². The van der Waals surface area contributed by atoms with Gasteiger partial charge in [-0.25, -0.2) is 9.89 Å². The van der Waals surface area contributed by atoms with Gasteiger partial charge < -0.3 is 4.74 Å². The molecule has 1 aromatic carbocycles. The molecular weight excluding hydrogens is 312 g/mol. The molecule has 0 bridgehead atoms. The lowest BCUT2D eigenvalue weighted by Gasteiger charge is -2.13. The maximum Gasteiger partial charge on any atom is 0.341 e. The fourth-order valence-corrected chi connectivity index (χ4v) is 2.32. The summed E-state index contributed by atoms with van der Waals surface area (Å²) in [5, 5.41) is 6.09. The van der Waals surface area contributed by atoms with Crippen LogP contribution in [0.5, 0.6) is 0 Å². The molecule has 24 heavy (non-hydrogen) atoms. The Kier molecular flexibility index (Phi) is 4.11. The van der Waals surface area contributed by atoms with Crippen molar-refractivity contribution < 1.29 is 14.3 Å². The lowest BCUT2D eigenvalue weighted by atomic mass is 10.1. The Morgan fingerprint density at radius 1 is 1.25 bits per heavy atom. The molecule has 8 nitrogen and oxygen atoms in total. The molecule has 0 radical (unpaired) electrons. The van der Waals surface area contributed by atoms with Gasteiger partial charge in [-0.3, -0.25) is 19.7 Å². The second-order valence-electron chi connectivity index (χ2n) is 5.08. The lowest BCUT2D eigenvalue weighted by molar-refractivity contribution is -0.116. The molecule has 0 fully saturated rings. The standard InChI is InChI=1S/C16H14N4O4/c1-24-16(23)12-9-20(8-11-14(12)17-18-15(11)22)19-13(21)7-10-5-3-2-4-6-10/h2-6,8-9H,7H2,1H3,(H,18,22)(H,19,21). The largest absolute Gasteiger partial charge is 0.465 e. The second kappa shape index (κ2) is 6.37. The first-order valence-electron chi connectivity index (χ1n) is 7.11. The Morgan fingerprint density at radius 3 is 2.71 bits per heavy atom. The number of aromatic amines is 1. The predicted molar refractivity (Wildman–Crippen MR) is 85.3 cm³/mol. The summed E-state index contributed by atoms with van der Waals surface area (Å²) < 4.78 is 5.95. The molecule has 2 N–H and O–H groups in total. The average molecular weight is 326 g/mol. The second-order valence-corrected chi connectivity index (χ2v) is 5.08. The molecule has 2 heterocycles. The van der Waals surface area contributed by atoms with Gasteiger partial charge in [0.05, 0.1) is 19.1 Å². The molecule has 0 aromatic heterocycles. The van der Waals surface area contributed by atoms with Crippen LogP contribution in [0.3, 0.4) is 0 Å². The fraction of sp³-hybridized carbons (Fsp3) is 0.125. The van der Waals surface area contributed by atoms with Gasteiger partial charge in [0, 0.05) is 12.4 Å². The van der Waals surface area contributed by atoms with Crippen LogP contribution in [0.4, 0.5) is 0 Å². The topological polar surface area (TPSA) is 106 Å². The van der Waals surface area contributed by atoms with Gasteiger partial charge >= 0.3 is 5.97 Å². The molecule has 122 valence electrons. The van der Waals surface area contributed by atoms with Gasteiger partial charge in [-0.15, -0.1) is 0 Å². The number of hydrogen-bond acceptors (Lipinski definition) is 5. The van der Waals surface area contributed by atoms with Crippen molar-refractivity contribution in [3.63, 3.8) is 0 Å². The highest BCUT2D eigenvalue weighted by Crippen LogP contribution is 2.19. The van der Waals surface area contributed by atoms with Crippen molar-refractivity contribution in [1.82, 2.24) is 14.9 Å². The number of aromatic nitrogens is 3. The van der Waals surface area contributed by atoms with E-state index in [-0.39, 0.29) is 29.1 Å². The van der Waals surface area contributed by atoms with Crippen LogP contribution >= 0.6 is 0 Å². The Balaban J connectivity index is 1.90. The van der Waals surface area contributed by atoms with Gasteiger partial charge in [-0.05, 0) is 5.56 Å². The van der Waals surface area contributed by atoms with Crippen molar-refractivity contribution in [3.05, 3.63) is 64.2 Å². The molecule has 0 unspecified atom stereocenters. The van der Waals surface area contributed by atoms with E-state index in [2.05, 4.69) is 20.4 Å². The van der Waals surface area contributed by atoms with E-state index in [4.69, 9.17) is 0 Å². The first kappa shape index (κ1) is 15.5. The minimum Gasteiger partial charge on any atom is -0.465 e. The normalized spacial score (nSPS) is 10.5. The number of fused-ring (bicyclic) bond motifs is 1. The van der Waals surface area contributed by atoms with Crippen molar-refractivity contribution in [1.29, 1.82) is 0 Å². The van der Waals surface area contributed by atoms with Crippen LogP contribution in [-0.4, -0.2) is 33.9 Å². The van der Waals surface area contributed by atoms with E-state index >= 15 is 0 Å². The predicted octanol–water partition coefficient (Wildman–Crippen LogP) is 0.776. The number of ether oxygens (including phenoxy) is 1. The van der Waals surface area contributed by atoms with Crippen molar-refractivity contribution in [3.8, 4) is 11.3 Å². The molecule has 2 aliphatic rings. The number of carbonyl (C=O) groups is 2. The van der Waals surface area contributed by atoms with Gasteiger partial charge in [-0.1, -0.05) is 30.3 Å². The molecule has 0 aliphatic carbocycles. The zero-order valence-corrected chi connectivity index (χ0v) is 12.8. The van der Waals surface area contributed by atoms with E-state index < -0.39 is 11.5 Å². The summed E-state index contributed by atoms with van der Waals surface area (Å²) in [6.45, 7) is 0. The van der Waals surface area contributed by atoms with Gasteiger partial charge in [0.25, 0.3) is 5.56 Å². The zero-order chi connectivity index (χ0) is 17.1. The molecule has 0 spiro atoms. The Hall–Kier alpha value is -3.42. The molecule has 1 amide bonds. The summed E-state index contributed by atoms with van der Waals surface area (Å²) in [5.41, 5.74) is 3.45. The van der Waals surface area contributed by atoms with Gasteiger partial charge in [0.2, 0.25) is 5.91 Å². The average Bonchev–Trinajstić information content (AvgIpc) is 2.95. The highest BCUT2D eigenvalue weighted by molar-refractivity contribution is 5.96. The number of esters is 1. The van der Waals surface area contributed by atoms with Crippen molar-refractivity contribution in [2.45, 2.75) is 6.42 Å². The van der Waals surface area contributed by atoms with E-state index in [0.29, 0.717) is 0 Å². The highest BCUT2D eigenvalue weighted by Gasteiger charge is 2.22. The van der Waals surface area contributed by atoms with E-state index in [1.165, 1.54) is 24.2 Å². The number of H-pyrrole nitrogens is 1. The molecule has 0 atom stereocenters. The Bertz CT molecular complexity index is 913. The minimum absolute atomic E-state index is 0.0772. The number of pyridine rings is 1. The maximum absolute atomic E-state index is 12.1. The van der Waals surface area contributed by atoms with Crippen LogP contribution in [0.25, 0.3) is 11.3 Å². The van der Waals surface area contributed by atoms with Crippen LogP contribution in [0.15, 0.2) is 47.5 Å². The Labute approximate surface area is 136 Å². The molecule has 0 saturated heterocycles. The summed E-state index contributed by atoms with van der Waals surface area (Å²) in [4.78, 5) is 35.8. The Morgan fingerprint density at radius 2 is 2.00 bits per heavy atom. The molecule has 1 aromatic rings. The third kappa shape index (κ3) is 3.02. The molecule has 3 rings (SSSR count). The number of carbonyl (C=O) groups excluding carboxylic acids is 2. The highest BCUT2D eigenvalue weighted by atomic mass is 16.5. The van der Waals surface area contributed by atoms with Gasteiger partial charge in [0.15, 0.2) is 0 Å². The third-order valence-corrected chi connectivity index (χ3v) is 3.43. The SMILES string of the molecule is COC(=O)c1cn(NC(=O)Cc2ccccc2)cc2c(=O)[nH]nc1-2. The third-order valence-electron chi connectivity index (χ3n) is 3.43. The summed E-state index contributed by atoms with van der Waals surface area (Å²) in [5.74, 6) is -0.949. The summed E-state index contributed by atoms with van der Waals surface area (Å²) in [7, 11) is 1.23. The van der Waals surface area contributed by atoms with E-state index in [0.717, 1.165) is 5.56 Å². The van der Waals surface area contributed by atoms with Crippen molar-refractivity contribution in [2.75, 3.05) is 12.5 Å². The summed E-state index contributed by atoms with van der Waals surface area (Å²) in [6, 6.07) is 9.21. The first-order valence-corrected chi connectivity index (χ1v) is 7.11. The number of amides is 1. The van der Waals surface area contributed by atoms with E-state index in [1.54, 1.807) is 0 Å². The number of nitrogens with zero attached hydrogens (tertiary/aromatic N) is 2. The van der Waals surface area contributed by atoms with Crippen LogP contribution in [-0.2, 0) is 16.0 Å². The summed E-state index contributed by atoms with van der Waals surface area (Å²) in [6.07, 6.45) is 2.92. The van der Waals surface area contributed by atoms with Gasteiger partial charge in [-0.2, -0.15) is 5.10 Å². The number of methoxy groups -OCH3 is 1. The van der Waals surface area contributed by atoms with Crippen LogP contribution < -0.4 is 11.0 Å². The first-order chi connectivity index (χ1) is 11.6. The number of hydrogen-bond donors (Lipinski definition) is 2. The smallest absolute Gasteiger partial charge is 0.341 e. The number of rotatable bonds is 4. The molecule has 2 aliphatic heterocycles. The number of benzene rings is 1. The van der Waals surface area contributed by atoms with Crippen LogP contribution in [0.2, 0.25) is 0 Å². The minimum atomic E-state index is -0.654. The van der Waals surface area contributed by atoms with Crippen LogP contribution in [0, 0.1) is 0 Å². The fourth-order valence-electron chi connectivity index (χ4n) is 2.32. The molecule has 8 heteroatoms. The molecular formula is C16H14N4O4. The zero-order valence-electron chi connectivity index (χ0n) is 12.8. The lowest BCUT2D eigenvalue weighted by Crippen LogP contribution is -2.26. The number of nitrogens with one attached hydrogen (secondary N) is 2. The maximum atomic E-state index is 12.1. The monoisotopic (exact) mass is 326 g/mol. The van der Waals surface area contributed by atoms with E-state index in [9.17, 15) is 14.4 Å². The summed E-state index contributed by atoms with van der Waals surface area (Å²) >= 11 is 0. The molecule has 0 saturated carbocycles. The van der Waals surface area contributed by atoms with E-state index in [1.807, 2.05) is 30.3 Å². The van der Waals surface area contributed by atoms with Crippen molar-refractivity contribution >= 4 is 11.9 Å². The quantitative estimate of drug-likeness (QED) is 0.689. The van der Waals surface area contributed by atoms with Crippen LogP contribution in [0.1, 0.15) is 15.9 Å².